The van der Waals surface area contributed by atoms with Gasteiger partial charge in [0.2, 0.25) is 0 Å². The van der Waals surface area contributed by atoms with Gasteiger partial charge in [0.25, 0.3) is 0 Å². The number of amides is 1. The molecule has 6 heteroatoms. The molecule has 1 amide bonds. The first-order valence-corrected chi connectivity index (χ1v) is 5.13. The molecule has 0 fully saturated rings. The molecule has 0 spiro atoms. The molecule has 1 rings (SSSR count). The van der Waals surface area contributed by atoms with Crippen LogP contribution in [0.25, 0.3) is 0 Å². The number of hydrogen-bond acceptors (Lipinski definition) is 4. The highest BCUT2D eigenvalue weighted by molar-refractivity contribution is 9.10. The van der Waals surface area contributed by atoms with Crippen LogP contribution >= 0.6 is 15.9 Å². The maximum atomic E-state index is 11.4. The first kappa shape index (κ1) is 11.9. The zero-order valence-corrected chi connectivity index (χ0v) is 10.3. The van der Waals surface area contributed by atoms with Gasteiger partial charge in [-0.25, -0.2) is 14.8 Å². The largest absolute Gasteiger partial charge is 0.444 e. The van der Waals surface area contributed by atoms with Gasteiger partial charge < -0.3 is 4.74 Å². The monoisotopic (exact) mass is 273 g/mol. The van der Waals surface area contributed by atoms with Crippen LogP contribution in [0.15, 0.2) is 17.0 Å². The number of nitrogens with zero attached hydrogens (tertiary/aromatic N) is 2. The van der Waals surface area contributed by atoms with Crippen LogP contribution in [-0.4, -0.2) is 21.7 Å². The molecule has 0 saturated heterocycles. The van der Waals surface area contributed by atoms with Crippen LogP contribution in [0, 0.1) is 0 Å². The third-order valence-corrected chi connectivity index (χ3v) is 1.87. The summed E-state index contributed by atoms with van der Waals surface area (Å²) in [6.07, 6.45) is 2.35. The molecule has 0 bridgehead atoms. The lowest BCUT2D eigenvalue weighted by Crippen LogP contribution is -2.27. The Morgan fingerprint density at radius 1 is 1.53 bits per heavy atom. The van der Waals surface area contributed by atoms with E-state index in [1.54, 1.807) is 27.0 Å². The van der Waals surface area contributed by atoms with Crippen molar-refractivity contribution in [1.29, 1.82) is 0 Å². The lowest BCUT2D eigenvalue weighted by atomic mass is 10.2. The summed E-state index contributed by atoms with van der Waals surface area (Å²) in [7, 11) is 0. The van der Waals surface area contributed by atoms with E-state index < -0.39 is 11.7 Å². The van der Waals surface area contributed by atoms with Crippen molar-refractivity contribution >= 4 is 27.8 Å². The lowest BCUT2D eigenvalue weighted by molar-refractivity contribution is 0.0635. The molecule has 0 radical (unpaired) electrons. The molecular formula is C9H12BrN3O2. The second-order valence-electron chi connectivity index (χ2n) is 3.85. The Kier molecular flexibility index (Phi) is 3.62. The number of rotatable bonds is 1. The van der Waals surface area contributed by atoms with Crippen LogP contribution in [0.4, 0.5) is 10.6 Å². The fourth-order valence-electron chi connectivity index (χ4n) is 0.805. The quantitative estimate of drug-likeness (QED) is 0.854. The van der Waals surface area contributed by atoms with E-state index in [-0.39, 0.29) is 0 Å². The second kappa shape index (κ2) is 4.57. The molecule has 0 unspecified atom stereocenters. The molecule has 1 aromatic rings. The van der Waals surface area contributed by atoms with Gasteiger partial charge in [-0.2, -0.15) is 0 Å². The molecular weight excluding hydrogens is 262 g/mol. The molecule has 0 aliphatic rings. The summed E-state index contributed by atoms with van der Waals surface area (Å²) in [6.45, 7) is 5.38. The van der Waals surface area contributed by atoms with Gasteiger partial charge in [0.1, 0.15) is 11.9 Å². The number of anilines is 1. The van der Waals surface area contributed by atoms with E-state index in [9.17, 15) is 4.79 Å². The van der Waals surface area contributed by atoms with Crippen molar-refractivity contribution in [3.63, 3.8) is 0 Å². The molecule has 0 aromatic carbocycles. The third-order valence-electron chi connectivity index (χ3n) is 1.29. The topological polar surface area (TPSA) is 64.1 Å². The van der Waals surface area contributed by atoms with E-state index in [2.05, 4.69) is 31.2 Å². The van der Waals surface area contributed by atoms with Crippen molar-refractivity contribution < 1.29 is 9.53 Å². The summed E-state index contributed by atoms with van der Waals surface area (Å²) in [6, 6.07) is 0. The van der Waals surface area contributed by atoms with Gasteiger partial charge in [-0.1, -0.05) is 0 Å². The smallest absolute Gasteiger partial charge is 0.413 e. The molecule has 1 aromatic heterocycles. The van der Waals surface area contributed by atoms with Crippen LogP contribution in [0.3, 0.4) is 0 Å². The number of carbonyl (C=O) groups excluding carboxylic acids is 1. The Morgan fingerprint density at radius 3 is 2.73 bits per heavy atom. The Hall–Kier alpha value is -1.17. The highest BCUT2D eigenvalue weighted by Crippen LogP contribution is 2.18. The van der Waals surface area contributed by atoms with Crippen LogP contribution in [0.5, 0.6) is 0 Å². The highest BCUT2D eigenvalue weighted by atomic mass is 79.9. The zero-order valence-electron chi connectivity index (χ0n) is 8.74. The number of halogens is 1. The maximum absolute atomic E-state index is 11.4. The Balaban J connectivity index is 2.64. The summed E-state index contributed by atoms with van der Waals surface area (Å²) < 4.78 is 5.67. The fourth-order valence-corrected chi connectivity index (χ4v) is 1.12. The van der Waals surface area contributed by atoms with Gasteiger partial charge in [-0.3, -0.25) is 5.32 Å². The van der Waals surface area contributed by atoms with Crippen molar-refractivity contribution in [1.82, 2.24) is 9.97 Å². The fraction of sp³-hybridized carbons (Fsp3) is 0.444. The van der Waals surface area contributed by atoms with Crippen molar-refractivity contribution in [2.75, 3.05) is 5.32 Å². The number of aromatic nitrogens is 2. The van der Waals surface area contributed by atoms with Gasteiger partial charge in [0.05, 0.1) is 4.47 Å². The molecule has 1 heterocycles. The molecule has 0 aliphatic carbocycles. The standard InChI is InChI=1S/C9H12BrN3O2/c1-9(2,3)15-8(14)13-7-6(10)4-11-5-12-7/h4-5H,1-3H3,(H,11,12,13,14). The number of carbonyl (C=O) groups is 1. The minimum atomic E-state index is -0.540. The Bertz CT molecular complexity index is 363. The van der Waals surface area contributed by atoms with Crippen molar-refractivity contribution in [2.24, 2.45) is 0 Å². The average Bonchev–Trinajstić information content (AvgIpc) is 2.05. The predicted molar refractivity (Wildman–Crippen MR) is 59.6 cm³/mol. The summed E-state index contributed by atoms with van der Waals surface area (Å²) in [5.74, 6) is 0.388. The summed E-state index contributed by atoms with van der Waals surface area (Å²) in [5, 5.41) is 2.51. The van der Waals surface area contributed by atoms with Crippen LogP contribution < -0.4 is 5.32 Å². The molecule has 82 valence electrons. The number of ether oxygens (including phenoxy) is 1. The van der Waals surface area contributed by atoms with Gasteiger partial charge in [-0.05, 0) is 36.7 Å². The lowest BCUT2D eigenvalue weighted by Gasteiger charge is -2.19. The number of hydrogen-bond donors (Lipinski definition) is 1. The van der Waals surface area contributed by atoms with E-state index in [0.717, 1.165) is 0 Å². The highest BCUT2D eigenvalue weighted by Gasteiger charge is 2.17. The minimum Gasteiger partial charge on any atom is -0.444 e. The Morgan fingerprint density at radius 2 is 2.20 bits per heavy atom. The average molecular weight is 274 g/mol. The molecule has 0 saturated carbocycles. The van der Waals surface area contributed by atoms with Gasteiger partial charge in [0, 0.05) is 6.20 Å². The first-order valence-electron chi connectivity index (χ1n) is 4.34. The van der Waals surface area contributed by atoms with Crippen LogP contribution in [0.1, 0.15) is 20.8 Å². The summed E-state index contributed by atoms with van der Waals surface area (Å²) >= 11 is 3.21. The molecule has 15 heavy (non-hydrogen) atoms. The van der Waals surface area contributed by atoms with E-state index in [4.69, 9.17) is 4.74 Å². The van der Waals surface area contributed by atoms with Crippen molar-refractivity contribution in [3.05, 3.63) is 17.0 Å². The second-order valence-corrected chi connectivity index (χ2v) is 4.70. The molecule has 1 N–H and O–H groups in total. The Labute approximate surface area is 96.4 Å². The summed E-state index contributed by atoms with van der Waals surface area (Å²) in [5.41, 5.74) is -0.524. The number of nitrogens with one attached hydrogen (secondary N) is 1. The first-order chi connectivity index (χ1) is 6.88. The van der Waals surface area contributed by atoms with Crippen LogP contribution in [0.2, 0.25) is 0 Å². The third kappa shape index (κ3) is 4.24. The normalized spacial score (nSPS) is 10.9. The zero-order chi connectivity index (χ0) is 11.5. The minimum absolute atomic E-state index is 0.388. The van der Waals surface area contributed by atoms with E-state index >= 15 is 0 Å². The maximum Gasteiger partial charge on any atom is 0.413 e. The summed E-state index contributed by atoms with van der Waals surface area (Å²) in [4.78, 5) is 19.0. The van der Waals surface area contributed by atoms with Gasteiger partial charge >= 0.3 is 6.09 Å². The van der Waals surface area contributed by atoms with Gasteiger partial charge in [-0.15, -0.1) is 0 Å². The van der Waals surface area contributed by atoms with E-state index in [1.807, 2.05) is 0 Å². The van der Waals surface area contributed by atoms with Crippen molar-refractivity contribution in [2.45, 2.75) is 26.4 Å². The van der Waals surface area contributed by atoms with Crippen LogP contribution in [-0.2, 0) is 4.74 Å². The SMILES string of the molecule is CC(C)(C)OC(=O)Nc1ncncc1Br. The molecule has 0 aliphatic heterocycles. The van der Waals surface area contributed by atoms with Crippen molar-refractivity contribution in [3.8, 4) is 0 Å². The van der Waals surface area contributed by atoms with E-state index in [1.165, 1.54) is 6.33 Å². The molecule has 5 nitrogen and oxygen atoms in total. The van der Waals surface area contributed by atoms with Gasteiger partial charge in [0.15, 0.2) is 5.82 Å². The predicted octanol–water partition coefficient (Wildman–Crippen LogP) is 2.59. The van der Waals surface area contributed by atoms with E-state index in [0.29, 0.717) is 10.3 Å². The molecule has 0 atom stereocenters.